The number of ether oxygens (including phenoxy) is 2. The van der Waals surface area contributed by atoms with Gasteiger partial charge in [0.2, 0.25) is 5.78 Å². The molecule has 0 amide bonds. The molecule has 0 fully saturated rings. The summed E-state index contributed by atoms with van der Waals surface area (Å²) in [5, 5.41) is 0. The molecule has 6 nitrogen and oxygen atoms in total. The number of H-pyrrole nitrogens is 1. The van der Waals surface area contributed by atoms with E-state index in [9.17, 15) is 14.4 Å². The van der Waals surface area contributed by atoms with Crippen LogP contribution in [0.4, 0.5) is 0 Å². The molecule has 1 aromatic carbocycles. The number of nitrogens with one attached hydrogen (secondary N) is 1. The average Bonchev–Trinajstić information content (AvgIpc) is 3.23. The number of hydrogen-bond donors (Lipinski definition) is 1. The SMILES string of the molecule is COC(=O)c1c(C)[nH]c(C(=O)[C@@H](C)OC(=O)Cc2ccc3c(c2)CCC3)c1C. The van der Waals surface area contributed by atoms with Crippen LogP contribution in [-0.4, -0.2) is 35.9 Å². The Balaban J connectivity index is 1.67. The number of rotatable bonds is 6. The van der Waals surface area contributed by atoms with Crippen molar-refractivity contribution in [3.05, 3.63) is 57.4 Å². The highest BCUT2D eigenvalue weighted by molar-refractivity contribution is 6.04. The largest absolute Gasteiger partial charge is 0.465 e. The lowest BCUT2D eigenvalue weighted by molar-refractivity contribution is -0.145. The second-order valence-electron chi connectivity index (χ2n) is 7.25. The van der Waals surface area contributed by atoms with E-state index < -0.39 is 18.0 Å². The number of fused-ring (bicyclic) bond motifs is 1. The van der Waals surface area contributed by atoms with E-state index in [1.54, 1.807) is 13.8 Å². The Labute approximate surface area is 164 Å². The Morgan fingerprint density at radius 3 is 2.57 bits per heavy atom. The zero-order chi connectivity index (χ0) is 20.4. The molecule has 6 heteroatoms. The fraction of sp³-hybridized carbons (Fsp3) is 0.409. The van der Waals surface area contributed by atoms with E-state index in [0.29, 0.717) is 16.8 Å². The molecular formula is C22H25NO5. The first-order valence-electron chi connectivity index (χ1n) is 9.43. The lowest BCUT2D eigenvalue weighted by atomic mass is 10.0. The zero-order valence-electron chi connectivity index (χ0n) is 16.7. The van der Waals surface area contributed by atoms with E-state index in [1.807, 2.05) is 6.07 Å². The van der Waals surface area contributed by atoms with Gasteiger partial charge in [0.05, 0.1) is 24.8 Å². The van der Waals surface area contributed by atoms with Gasteiger partial charge in [-0.1, -0.05) is 18.2 Å². The monoisotopic (exact) mass is 383 g/mol. The normalized spacial score (nSPS) is 13.7. The van der Waals surface area contributed by atoms with Gasteiger partial charge in [0, 0.05) is 5.69 Å². The molecule has 0 spiro atoms. The van der Waals surface area contributed by atoms with E-state index >= 15 is 0 Å². The first kappa shape index (κ1) is 19.9. The number of aromatic nitrogens is 1. The molecule has 3 rings (SSSR count). The predicted octanol–water partition coefficient (Wildman–Crippen LogP) is 3.26. The van der Waals surface area contributed by atoms with Crippen LogP contribution in [0.25, 0.3) is 0 Å². The second-order valence-corrected chi connectivity index (χ2v) is 7.25. The van der Waals surface area contributed by atoms with Gasteiger partial charge >= 0.3 is 11.9 Å². The smallest absolute Gasteiger partial charge is 0.339 e. The van der Waals surface area contributed by atoms with Crippen molar-refractivity contribution in [2.45, 2.75) is 52.6 Å². The topological polar surface area (TPSA) is 85.5 Å². The van der Waals surface area contributed by atoms with E-state index in [1.165, 1.54) is 25.2 Å². The van der Waals surface area contributed by atoms with Crippen molar-refractivity contribution in [2.75, 3.05) is 7.11 Å². The molecule has 0 unspecified atom stereocenters. The van der Waals surface area contributed by atoms with Crippen molar-refractivity contribution in [2.24, 2.45) is 0 Å². The summed E-state index contributed by atoms with van der Waals surface area (Å²) >= 11 is 0. The Bertz CT molecular complexity index is 941. The molecule has 0 saturated carbocycles. The summed E-state index contributed by atoms with van der Waals surface area (Å²) in [5.74, 6) is -1.34. The number of aryl methyl sites for hydroxylation is 3. The molecule has 28 heavy (non-hydrogen) atoms. The predicted molar refractivity (Wildman–Crippen MR) is 104 cm³/mol. The van der Waals surface area contributed by atoms with Gasteiger partial charge in [0.1, 0.15) is 0 Å². The number of ketones is 1. The molecule has 1 N–H and O–H groups in total. The molecular weight excluding hydrogens is 358 g/mol. The fourth-order valence-corrected chi connectivity index (χ4v) is 3.80. The maximum atomic E-state index is 12.7. The maximum Gasteiger partial charge on any atom is 0.339 e. The highest BCUT2D eigenvalue weighted by atomic mass is 16.5. The minimum atomic E-state index is -0.954. The molecule has 1 aliphatic rings. The standard InChI is InChI=1S/C22H25NO5/c1-12-19(22(26)27-4)13(2)23-20(12)21(25)14(3)28-18(24)11-15-8-9-16-6-5-7-17(16)10-15/h8-10,14,23H,5-7,11H2,1-4H3/t14-/m1/s1. The van der Waals surface area contributed by atoms with Crippen LogP contribution in [0.2, 0.25) is 0 Å². The van der Waals surface area contributed by atoms with Gasteiger partial charge in [-0.2, -0.15) is 0 Å². The van der Waals surface area contributed by atoms with Crippen molar-refractivity contribution in [3.8, 4) is 0 Å². The summed E-state index contributed by atoms with van der Waals surface area (Å²) in [4.78, 5) is 39.8. The maximum absolute atomic E-state index is 12.7. The summed E-state index contributed by atoms with van der Waals surface area (Å²) in [6.45, 7) is 4.90. The molecule has 1 atom stereocenters. The Morgan fingerprint density at radius 1 is 1.14 bits per heavy atom. The second kappa shape index (κ2) is 8.00. The lowest BCUT2D eigenvalue weighted by Crippen LogP contribution is -2.26. The number of benzene rings is 1. The van der Waals surface area contributed by atoms with Crippen LogP contribution in [0.5, 0.6) is 0 Å². The van der Waals surface area contributed by atoms with Gasteiger partial charge in [-0.3, -0.25) is 9.59 Å². The van der Waals surface area contributed by atoms with E-state index in [0.717, 1.165) is 24.8 Å². The van der Waals surface area contributed by atoms with Crippen LogP contribution in [0.1, 0.15) is 62.1 Å². The van der Waals surface area contributed by atoms with Gasteiger partial charge in [0.25, 0.3) is 0 Å². The molecule has 0 aliphatic heterocycles. The molecule has 0 radical (unpaired) electrons. The number of hydrogen-bond acceptors (Lipinski definition) is 5. The van der Waals surface area contributed by atoms with Crippen molar-refractivity contribution in [3.63, 3.8) is 0 Å². The highest BCUT2D eigenvalue weighted by Crippen LogP contribution is 2.24. The molecule has 0 saturated heterocycles. The highest BCUT2D eigenvalue weighted by Gasteiger charge is 2.27. The molecule has 2 aromatic rings. The van der Waals surface area contributed by atoms with E-state index in [2.05, 4.69) is 17.1 Å². The first-order valence-corrected chi connectivity index (χ1v) is 9.43. The Hall–Kier alpha value is -2.89. The fourth-order valence-electron chi connectivity index (χ4n) is 3.80. The summed E-state index contributed by atoms with van der Waals surface area (Å²) in [6, 6.07) is 6.06. The van der Waals surface area contributed by atoms with Crippen LogP contribution in [0, 0.1) is 13.8 Å². The van der Waals surface area contributed by atoms with Crippen LogP contribution in [0.15, 0.2) is 18.2 Å². The van der Waals surface area contributed by atoms with Crippen LogP contribution in [0.3, 0.4) is 0 Å². The summed E-state index contributed by atoms with van der Waals surface area (Å²) in [5.41, 5.74) is 5.17. The van der Waals surface area contributed by atoms with Gasteiger partial charge in [-0.15, -0.1) is 0 Å². The first-order chi connectivity index (χ1) is 13.3. The number of carbonyl (C=O) groups excluding carboxylic acids is 3. The minimum absolute atomic E-state index is 0.126. The van der Waals surface area contributed by atoms with Crippen molar-refractivity contribution >= 4 is 17.7 Å². The summed E-state index contributed by atoms with van der Waals surface area (Å²) in [6.07, 6.45) is 2.46. The number of Topliss-reactive ketones (excluding diaryl/α,β-unsaturated/α-hetero) is 1. The third-order valence-electron chi connectivity index (χ3n) is 5.26. The third kappa shape index (κ3) is 3.86. The molecule has 0 bridgehead atoms. The van der Waals surface area contributed by atoms with Crippen LogP contribution in [-0.2, 0) is 33.5 Å². The summed E-state index contributed by atoms with van der Waals surface area (Å²) in [7, 11) is 1.29. The number of esters is 2. The van der Waals surface area contributed by atoms with E-state index in [-0.39, 0.29) is 17.9 Å². The third-order valence-corrected chi connectivity index (χ3v) is 5.26. The Kier molecular flexibility index (Phi) is 5.68. The van der Waals surface area contributed by atoms with Gasteiger partial charge in [-0.05, 0) is 62.3 Å². The number of methoxy groups -OCH3 is 1. The van der Waals surface area contributed by atoms with Crippen molar-refractivity contribution in [1.29, 1.82) is 0 Å². The van der Waals surface area contributed by atoms with Crippen molar-refractivity contribution in [1.82, 2.24) is 4.98 Å². The number of aromatic amines is 1. The summed E-state index contributed by atoms with van der Waals surface area (Å²) < 4.78 is 10.1. The number of carbonyl (C=O) groups is 3. The average molecular weight is 383 g/mol. The molecule has 1 heterocycles. The van der Waals surface area contributed by atoms with Crippen LogP contribution < -0.4 is 0 Å². The van der Waals surface area contributed by atoms with Gasteiger partial charge < -0.3 is 14.5 Å². The van der Waals surface area contributed by atoms with Crippen molar-refractivity contribution < 1.29 is 23.9 Å². The zero-order valence-corrected chi connectivity index (χ0v) is 16.7. The molecule has 1 aromatic heterocycles. The quantitative estimate of drug-likeness (QED) is 0.611. The lowest BCUT2D eigenvalue weighted by Gasteiger charge is -2.13. The minimum Gasteiger partial charge on any atom is -0.465 e. The van der Waals surface area contributed by atoms with E-state index in [4.69, 9.17) is 9.47 Å². The van der Waals surface area contributed by atoms with Gasteiger partial charge in [-0.25, -0.2) is 4.79 Å². The Morgan fingerprint density at radius 2 is 1.86 bits per heavy atom. The molecule has 1 aliphatic carbocycles. The molecule has 148 valence electrons. The van der Waals surface area contributed by atoms with Crippen LogP contribution >= 0.6 is 0 Å². The van der Waals surface area contributed by atoms with Gasteiger partial charge in [0.15, 0.2) is 6.10 Å².